The van der Waals surface area contributed by atoms with E-state index in [2.05, 4.69) is 126 Å². The zero-order valence-corrected chi connectivity index (χ0v) is 20.5. The van der Waals surface area contributed by atoms with Crippen molar-refractivity contribution in [2.45, 2.75) is 38.8 Å². The van der Waals surface area contributed by atoms with Gasteiger partial charge in [-0.05, 0) is 76.7 Å². The topological polar surface area (TPSA) is 24.9 Å². The molecule has 174 valence electrons. The van der Waals surface area contributed by atoms with Crippen LogP contribution in [0.5, 0.6) is 0 Å². The number of nitrogens with one attached hydrogen (secondary N) is 1. The average Bonchev–Trinajstić information content (AvgIpc) is 2.90. The third-order valence-corrected chi connectivity index (χ3v) is 6.88. The molecule has 1 aromatic heterocycles. The number of benzene rings is 4. The van der Waals surface area contributed by atoms with Crippen LogP contribution in [-0.2, 0) is 6.54 Å². The van der Waals surface area contributed by atoms with Gasteiger partial charge in [0.2, 0.25) is 0 Å². The molecule has 0 spiro atoms. The fourth-order valence-corrected chi connectivity index (χ4v) is 4.76. The van der Waals surface area contributed by atoms with Crippen LogP contribution in [0.2, 0.25) is 0 Å². The number of nitrogens with zero attached hydrogens (tertiary/aromatic N) is 1. The Balaban J connectivity index is 1.31. The molecule has 2 unspecified atom stereocenters. The molecule has 0 aliphatic heterocycles. The maximum Gasteiger partial charge on any atom is 0.0372 e. The van der Waals surface area contributed by atoms with Gasteiger partial charge in [0.05, 0.1) is 0 Å². The van der Waals surface area contributed by atoms with E-state index in [0.29, 0.717) is 12.0 Å². The first-order chi connectivity index (χ1) is 17.2. The molecule has 2 heteroatoms. The van der Waals surface area contributed by atoms with Crippen LogP contribution in [-0.4, -0.2) is 11.0 Å². The number of pyridine rings is 1. The summed E-state index contributed by atoms with van der Waals surface area (Å²) in [5.41, 5.74) is 4.87. The third-order valence-electron chi connectivity index (χ3n) is 6.88. The van der Waals surface area contributed by atoms with Crippen molar-refractivity contribution in [2.75, 3.05) is 0 Å². The third kappa shape index (κ3) is 5.67. The minimum absolute atomic E-state index is 0.298. The molecule has 0 aliphatic carbocycles. The number of aromatic nitrogens is 1. The summed E-state index contributed by atoms with van der Waals surface area (Å²) in [5.74, 6) is 0.334. The van der Waals surface area contributed by atoms with Gasteiger partial charge in [-0.15, -0.1) is 0 Å². The van der Waals surface area contributed by atoms with Gasteiger partial charge in [-0.2, -0.15) is 0 Å². The Morgan fingerprint density at radius 1 is 0.771 bits per heavy atom. The molecule has 1 N–H and O–H groups in total. The van der Waals surface area contributed by atoms with Crippen molar-refractivity contribution in [3.8, 4) is 0 Å². The van der Waals surface area contributed by atoms with Gasteiger partial charge in [0, 0.05) is 30.4 Å². The van der Waals surface area contributed by atoms with Crippen molar-refractivity contribution in [1.82, 2.24) is 10.3 Å². The van der Waals surface area contributed by atoms with E-state index in [-0.39, 0.29) is 0 Å². The molecule has 0 fully saturated rings. The predicted octanol–water partition coefficient (Wildman–Crippen LogP) is 8.06. The summed E-state index contributed by atoms with van der Waals surface area (Å²) in [4.78, 5) is 4.58. The maximum absolute atomic E-state index is 4.58. The molecule has 0 amide bonds. The number of rotatable bonds is 8. The molecule has 0 saturated carbocycles. The van der Waals surface area contributed by atoms with E-state index < -0.39 is 0 Å². The molecule has 0 saturated heterocycles. The summed E-state index contributed by atoms with van der Waals surface area (Å²) in [6.07, 6.45) is 7.54. The van der Waals surface area contributed by atoms with Gasteiger partial charge < -0.3 is 5.32 Å². The summed E-state index contributed by atoms with van der Waals surface area (Å²) in [6.45, 7) is 5.17. The van der Waals surface area contributed by atoms with E-state index in [9.17, 15) is 0 Å². The van der Waals surface area contributed by atoms with Gasteiger partial charge in [-0.25, -0.2) is 0 Å². The monoisotopic (exact) mass is 456 g/mol. The van der Waals surface area contributed by atoms with Crippen LogP contribution in [0.1, 0.15) is 41.6 Å². The SMILES string of the molecule is Cc1ccc(C(CC=Cc2ccc3ccccc3c2)C(C)NCc2ccc3ccccc3c2)cn1. The van der Waals surface area contributed by atoms with Crippen LogP contribution in [0, 0.1) is 6.92 Å². The van der Waals surface area contributed by atoms with E-state index in [1.54, 1.807) is 0 Å². The lowest BCUT2D eigenvalue weighted by Gasteiger charge is -2.25. The van der Waals surface area contributed by atoms with E-state index in [0.717, 1.165) is 18.7 Å². The molecule has 2 nitrogen and oxygen atoms in total. The van der Waals surface area contributed by atoms with Crippen LogP contribution >= 0.6 is 0 Å². The van der Waals surface area contributed by atoms with Crippen molar-refractivity contribution >= 4 is 27.6 Å². The lowest BCUT2D eigenvalue weighted by atomic mass is 9.89. The van der Waals surface area contributed by atoms with Gasteiger partial charge in [0.25, 0.3) is 0 Å². The highest BCUT2D eigenvalue weighted by Gasteiger charge is 2.18. The fraction of sp³-hybridized carbons (Fsp3) is 0.182. The number of aryl methyl sites for hydroxylation is 1. The van der Waals surface area contributed by atoms with Gasteiger partial charge in [0.1, 0.15) is 0 Å². The summed E-state index contributed by atoms with van der Waals surface area (Å²) in [7, 11) is 0. The minimum atomic E-state index is 0.298. The molecular weight excluding hydrogens is 424 g/mol. The zero-order chi connectivity index (χ0) is 24.0. The normalized spacial score (nSPS) is 13.4. The van der Waals surface area contributed by atoms with Crippen LogP contribution in [0.25, 0.3) is 27.6 Å². The van der Waals surface area contributed by atoms with Gasteiger partial charge in [0.15, 0.2) is 0 Å². The van der Waals surface area contributed by atoms with Crippen molar-refractivity contribution in [3.63, 3.8) is 0 Å². The smallest absolute Gasteiger partial charge is 0.0372 e. The molecule has 5 aromatic rings. The number of allylic oxidation sites excluding steroid dienone is 1. The Kier molecular flexibility index (Phi) is 7.02. The lowest BCUT2D eigenvalue weighted by molar-refractivity contribution is 0.459. The highest BCUT2D eigenvalue weighted by Crippen LogP contribution is 2.26. The standard InChI is InChI=1S/C33H32N2/c1-24-14-17-32(23-34-24)33(13-7-8-26-15-18-28-9-3-5-11-30(28)20-26)25(2)35-22-27-16-19-29-10-4-6-12-31(29)21-27/h3-12,14-21,23,25,33,35H,13,22H2,1-2H3. The molecule has 0 bridgehead atoms. The van der Waals surface area contributed by atoms with E-state index in [1.165, 1.54) is 38.2 Å². The van der Waals surface area contributed by atoms with E-state index >= 15 is 0 Å². The van der Waals surface area contributed by atoms with E-state index in [4.69, 9.17) is 0 Å². The summed E-state index contributed by atoms with van der Waals surface area (Å²) in [5, 5.41) is 8.92. The Bertz CT molecular complexity index is 1450. The molecule has 2 atom stereocenters. The van der Waals surface area contributed by atoms with Crippen molar-refractivity contribution in [3.05, 3.63) is 132 Å². The predicted molar refractivity (Wildman–Crippen MR) is 150 cm³/mol. The minimum Gasteiger partial charge on any atom is -0.310 e. The Morgan fingerprint density at radius 2 is 1.46 bits per heavy atom. The molecular formula is C33H32N2. The number of fused-ring (bicyclic) bond motifs is 2. The number of hydrogen-bond acceptors (Lipinski definition) is 2. The first kappa shape index (κ1) is 23.0. The van der Waals surface area contributed by atoms with Gasteiger partial charge in [-0.1, -0.05) is 91.0 Å². The lowest BCUT2D eigenvalue weighted by Crippen LogP contribution is -2.31. The van der Waals surface area contributed by atoms with Crippen molar-refractivity contribution in [1.29, 1.82) is 0 Å². The maximum atomic E-state index is 4.58. The van der Waals surface area contributed by atoms with Crippen molar-refractivity contribution < 1.29 is 0 Å². The second-order valence-electron chi connectivity index (χ2n) is 9.44. The second kappa shape index (κ2) is 10.7. The Labute approximate surface area is 208 Å². The Morgan fingerprint density at radius 3 is 2.17 bits per heavy atom. The van der Waals surface area contributed by atoms with Gasteiger partial charge >= 0.3 is 0 Å². The summed E-state index contributed by atoms with van der Waals surface area (Å²) in [6, 6.07) is 35.1. The zero-order valence-electron chi connectivity index (χ0n) is 20.5. The Hall–Kier alpha value is -3.75. The number of hydrogen-bond donors (Lipinski definition) is 1. The molecule has 1 heterocycles. The molecule has 35 heavy (non-hydrogen) atoms. The van der Waals surface area contributed by atoms with Gasteiger partial charge in [-0.3, -0.25) is 4.98 Å². The summed E-state index contributed by atoms with van der Waals surface area (Å²) < 4.78 is 0. The average molecular weight is 457 g/mol. The van der Waals surface area contributed by atoms with E-state index in [1.807, 2.05) is 13.1 Å². The van der Waals surface area contributed by atoms with Crippen LogP contribution in [0.3, 0.4) is 0 Å². The van der Waals surface area contributed by atoms with Crippen LogP contribution < -0.4 is 5.32 Å². The quantitative estimate of drug-likeness (QED) is 0.255. The first-order valence-electron chi connectivity index (χ1n) is 12.4. The largest absolute Gasteiger partial charge is 0.310 e. The molecule has 4 aromatic carbocycles. The van der Waals surface area contributed by atoms with Crippen LogP contribution in [0.15, 0.2) is 109 Å². The first-order valence-corrected chi connectivity index (χ1v) is 12.4. The second-order valence-corrected chi connectivity index (χ2v) is 9.44. The fourth-order valence-electron chi connectivity index (χ4n) is 4.76. The van der Waals surface area contributed by atoms with Crippen LogP contribution in [0.4, 0.5) is 0 Å². The highest BCUT2D eigenvalue weighted by molar-refractivity contribution is 5.84. The highest BCUT2D eigenvalue weighted by atomic mass is 14.9. The molecule has 5 rings (SSSR count). The molecule has 0 radical (unpaired) electrons. The van der Waals surface area contributed by atoms with Crippen molar-refractivity contribution in [2.24, 2.45) is 0 Å². The summed E-state index contributed by atoms with van der Waals surface area (Å²) >= 11 is 0. The molecule has 0 aliphatic rings.